The molecule has 0 bridgehead atoms. The molecule has 3 fully saturated rings. The molecule has 6 rings (SSSR count). The lowest BCUT2D eigenvalue weighted by atomic mass is 9.84. The third-order valence-corrected chi connectivity index (χ3v) is 8.09. The number of ether oxygens (including phenoxy) is 4. The van der Waals surface area contributed by atoms with Crippen LogP contribution in [-0.4, -0.2) is 61.3 Å². The Kier molecular flexibility index (Phi) is 5.96. The van der Waals surface area contributed by atoms with E-state index in [0.717, 1.165) is 67.3 Å². The van der Waals surface area contributed by atoms with Crippen molar-refractivity contribution in [2.75, 3.05) is 38.2 Å². The fraction of sp³-hybridized carbons (Fsp3) is 0.536. The van der Waals surface area contributed by atoms with Crippen LogP contribution in [0.4, 0.5) is 10.5 Å². The molecule has 8 nitrogen and oxygen atoms in total. The van der Waals surface area contributed by atoms with Crippen molar-refractivity contribution in [2.24, 2.45) is 0 Å². The van der Waals surface area contributed by atoms with Crippen molar-refractivity contribution in [3.05, 3.63) is 48.0 Å². The van der Waals surface area contributed by atoms with Gasteiger partial charge in [0.05, 0.1) is 19.3 Å². The highest BCUT2D eigenvalue weighted by Crippen LogP contribution is 2.47. The lowest BCUT2D eigenvalue weighted by Crippen LogP contribution is -2.45. The Bertz CT molecular complexity index is 1110. The number of piperidine rings is 1. The van der Waals surface area contributed by atoms with E-state index in [4.69, 9.17) is 18.9 Å². The number of carbonyl (C=O) groups is 1. The minimum atomic E-state index is -0.904. The Morgan fingerprint density at radius 2 is 1.69 bits per heavy atom. The Balaban J connectivity index is 1.05. The predicted octanol–water partition coefficient (Wildman–Crippen LogP) is 4.44. The summed E-state index contributed by atoms with van der Waals surface area (Å²) < 4.78 is 23.3. The molecule has 0 aromatic heterocycles. The Morgan fingerprint density at radius 3 is 2.42 bits per heavy atom. The molecule has 4 aliphatic rings. The van der Waals surface area contributed by atoms with Crippen molar-refractivity contribution in [1.29, 1.82) is 0 Å². The lowest BCUT2D eigenvalue weighted by Gasteiger charge is -2.39. The van der Waals surface area contributed by atoms with Gasteiger partial charge in [0.15, 0.2) is 11.5 Å². The van der Waals surface area contributed by atoms with E-state index in [9.17, 15) is 9.90 Å². The minimum Gasteiger partial charge on any atom is -0.497 e. The van der Waals surface area contributed by atoms with Crippen molar-refractivity contribution >= 4 is 11.8 Å². The molecule has 1 spiro atoms. The molecule has 1 unspecified atom stereocenters. The van der Waals surface area contributed by atoms with Gasteiger partial charge in [-0.3, -0.25) is 9.80 Å². The lowest BCUT2D eigenvalue weighted by molar-refractivity contribution is -0.105. The van der Waals surface area contributed by atoms with E-state index in [1.54, 1.807) is 12.0 Å². The van der Waals surface area contributed by atoms with Gasteiger partial charge in [-0.1, -0.05) is 12.5 Å². The van der Waals surface area contributed by atoms with Gasteiger partial charge in [0.25, 0.3) is 5.79 Å². The Labute approximate surface area is 211 Å². The van der Waals surface area contributed by atoms with E-state index in [1.165, 1.54) is 6.42 Å². The molecule has 1 saturated carbocycles. The summed E-state index contributed by atoms with van der Waals surface area (Å²) in [6.45, 7) is 2.62. The fourth-order valence-corrected chi connectivity index (χ4v) is 5.95. The summed E-state index contributed by atoms with van der Waals surface area (Å²) in [5.41, 5.74) is 0.781. The second-order valence-corrected chi connectivity index (χ2v) is 10.5. The summed E-state index contributed by atoms with van der Waals surface area (Å²) in [5.74, 6) is 1.77. The second kappa shape index (κ2) is 9.16. The first kappa shape index (κ1) is 23.4. The van der Waals surface area contributed by atoms with Crippen molar-refractivity contribution in [1.82, 2.24) is 4.90 Å². The van der Waals surface area contributed by atoms with Crippen molar-refractivity contribution in [3.8, 4) is 17.2 Å². The van der Waals surface area contributed by atoms with Gasteiger partial charge in [-0.2, -0.15) is 0 Å². The molecular weight excluding hydrogens is 460 g/mol. The van der Waals surface area contributed by atoms with Crippen LogP contribution in [0.3, 0.4) is 0 Å². The highest BCUT2D eigenvalue weighted by atomic mass is 16.7. The summed E-state index contributed by atoms with van der Waals surface area (Å²) in [6.07, 6.45) is 5.99. The highest BCUT2D eigenvalue weighted by molar-refractivity contribution is 5.89. The van der Waals surface area contributed by atoms with E-state index in [2.05, 4.69) is 4.90 Å². The number of hydrogen-bond donors (Lipinski definition) is 1. The topological polar surface area (TPSA) is 80.7 Å². The summed E-state index contributed by atoms with van der Waals surface area (Å²) in [5, 5.41) is 11.5. The quantitative estimate of drug-likeness (QED) is 0.658. The van der Waals surface area contributed by atoms with E-state index >= 15 is 0 Å². The summed E-state index contributed by atoms with van der Waals surface area (Å²) >= 11 is 0. The number of aliphatic hydroxyl groups is 1. The van der Waals surface area contributed by atoms with Crippen LogP contribution in [0.1, 0.15) is 50.5 Å². The van der Waals surface area contributed by atoms with E-state index in [-0.39, 0.29) is 12.2 Å². The molecule has 3 heterocycles. The van der Waals surface area contributed by atoms with Gasteiger partial charge in [-0.05, 0) is 67.6 Å². The summed E-state index contributed by atoms with van der Waals surface area (Å²) in [7, 11) is 1.62. The van der Waals surface area contributed by atoms with Gasteiger partial charge < -0.3 is 24.1 Å². The van der Waals surface area contributed by atoms with Gasteiger partial charge in [0, 0.05) is 38.2 Å². The molecule has 2 aromatic rings. The van der Waals surface area contributed by atoms with E-state index < -0.39 is 11.4 Å². The van der Waals surface area contributed by atoms with Crippen LogP contribution in [0.25, 0.3) is 0 Å². The Hall–Kier alpha value is -2.97. The van der Waals surface area contributed by atoms with Crippen LogP contribution in [0.5, 0.6) is 17.2 Å². The molecule has 1 atom stereocenters. The number of fused-ring (bicyclic) bond motifs is 1. The molecule has 0 radical (unpaired) electrons. The first-order chi connectivity index (χ1) is 17.5. The summed E-state index contributed by atoms with van der Waals surface area (Å²) in [6, 6.07) is 13.3. The number of anilines is 1. The third kappa shape index (κ3) is 4.37. The molecule has 1 aliphatic carbocycles. The average molecular weight is 495 g/mol. The largest absolute Gasteiger partial charge is 0.497 e. The van der Waals surface area contributed by atoms with E-state index in [1.807, 2.05) is 42.5 Å². The van der Waals surface area contributed by atoms with Crippen molar-refractivity contribution in [3.63, 3.8) is 0 Å². The van der Waals surface area contributed by atoms with Gasteiger partial charge in [0.1, 0.15) is 11.9 Å². The summed E-state index contributed by atoms with van der Waals surface area (Å²) in [4.78, 5) is 16.4. The number of likely N-dealkylation sites (tertiary alicyclic amines) is 1. The van der Waals surface area contributed by atoms with E-state index in [0.29, 0.717) is 25.9 Å². The SMILES string of the molecule is COc1ccc(N2CC(CN3CCC(O)(c4ccc5c(c4)OC4(CCCCC4)O5)CC3)OC2=O)cc1. The number of nitrogens with zero attached hydrogens (tertiary/aromatic N) is 2. The first-order valence-corrected chi connectivity index (χ1v) is 13.0. The second-order valence-electron chi connectivity index (χ2n) is 10.5. The number of cyclic esters (lactones) is 1. The Morgan fingerprint density at radius 1 is 0.972 bits per heavy atom. The standard InChI is InChI=1S/C28H34N2O6/c1-33-22-8-6-21(7-9-22)30-19-23(34-26(30)31)18-29-15-13-27(32,14-16-29)20-5-10-24-25(17-20)36-28(35-24)11-3-2-4-12-28/h5-10,17,23,32H,2-4,11-16,18-19H2,1H3. The fourth-order valence-electron chi connectivity index (χ4n) is 5.95. The number of methoxy groups -OCH3 is 1. The van der Waals surface area contributed by atoms with Crippen LogP contribution in [0.15, 0.2) is 42.5 Å². The third-order valence-electron chi connectivity index (χ3n) is 8.09. The highest BCUT2D eigenvalue weighted by Gasteiger charge is 2.44. The normalized spacial score (nSPS) is 24.7. The maximum Gasteiger partial charge on any atom is 0.414 e. The predicted molar refractivity (Wildman–Crippen MR) is 134 cm³/mol. The zero-order chi connectivity index (χ0) is 24.8. The maximum absolute atomic E-state index is 12.5. The van der Waals surface area contributed by atoms with Gasteiger partial charge in [-0.15, -0.1) is 0 Å². The molecule has 2 saturated heterocycles. The first-order valence-electron chi connectivity index (χ1n) is 13.0. The van der Waals surface area contributed by atoms with Crippen molar-refractivity contribution < 1.29 is 28.8 Å². The number of hydrogen-bond acceptors (Lipinski definition) is 7. The zero-order valence-corrected chi connectivity index (χ0v) is 20.8. The molecule has 2 aromatic carbocycles. The number of rotatable bonds is 5. The number of amides is 1. The molecule has 1 N–H and O–H groups in total. The molecule has 1 amide bonds. The zero-order valence-electron chi connectivity index (χ0n) is 20.8. The van der Waals surface area contributed by atoms with Crippen LogP contribution in [-0.2, 0) is 10.3 Å². The molecule has 192 valence electrons. The van der Waals surface area contributed by atoms with Crippen LogP contribution in [0, 0.1) is 0 Å². The van der Waals surface area contributed by atoms with Crippen LogP contribution >= 0.6 is 0 Å². The smallest absolute Gasteiger partial charge is 0.414 e. The maximum atomic E-state index is 12.5. The van der Waals surface area contributed by atoms with Gasteiger partial charge in [0.2, 0.25) is 0 Å². The van der Waals surface area contributed by atoms with Gasteiger partial charge >= 0.3 is 6.09 Å². The molecule has 3 aliphatic heterocycles. The van der Waals surface area contributed by atoms with Crippen LogP contribution in [0.2, 0.25) is 0 Å². The van der Waals surface area contributed by atoms with Crippen molar-refractivity contribution in [2.45, 2.75) is 62.4 Å². The molecule has 8 heteroatoms. The average Bonchev–Trinajstić information content (AvgIpc) is 3.44. The monoisotopic (exact) mass is 494 g/mol. The molecular formula is C28H34N2O6. The van der Waals surface area contributed by atoms with Crippen LogP contribution < -0.4 is 19.1 Å². The number of carbonyl (C=O) groups excluding carboxylic acids is 1. The van der Waals surface area contributed by atoms with Gasteiger partial charge in [-0.25, -0.2) is 4.79 Å². The molecule has 36 heavy (non-hydrogen) atoms. The minimum absolute atomic E-state index is 0.206. The number of benzene rings is 2.